The molecular weight excluding hydrogens is 606 g/mol. The molecule has 0 bridgehead atoms. The predicted octanol–water partition coefficient (Wildman–Crippen LogP) is 5.33. The maximum Gasteiger partial charge on any atom is 0.408 e. The lowest BCUT2D eigenvalue weighted by atomic mass is 10.1. The fourth-order valence-corrected chi connectivity index (χ4v) is 4.12. The van der Waals surface area contributed by atoms with Gasteiger partial charge in [0.05, 0.1) is 0 Å². The smallest absolute Gasteiger partial charge is 0.408 e. The van der Waals surface area contributed by atoms with Gasteiger partial charge in [-0.1, -0.05) is 60.7 Å². The first-order valence-electron chi connectivity index (χ1n) is 15.8. The SMILES string of the molecule is CC(C)(C)OC(=O)N[C@@H](CCC(=O)OCc1ccccc1)C(=O)N[C@@H](CCCCNC(=O)OCc1ccccc1)C(=O)OC(C)(C)C. The van der Waals surface area contributed by atoms with Crippen LogP contribution in [-0.4, -0.2) is 59.9 Å². The maximum atomic E-state index is 13.5. The van der Waals surface area contributed by atoms with E-state index in [2.05, 4.69) is 16.0 Å². The van der Waals surface area contributed by atoms with Crippen LogP contribution in [0.25, 0.3) is 0 Å². The molecule has 2 aromatic carbocycles. The van der Waals surface area contributed by atoms with Crippen molar-refractivity contribution in [3.63, 3.8) is 0 Å². The van der Waals surface area contributed by atoms with Crippen LogP contribution in [0.3, 0.4) is 0 Å². The van der Waals surface area contributed by atoms with Crippen molar-refractivity contribution in [3.8, 4) is 0 Å². The Morgan fingerprint density at radius 3 is 1.74 bits per heavy atom. The van der Waals surface area contributed by atoms with E-state index in [0.29, 0.717) is 12.8 Å². The molecule has 0 fully saturated rings. The Morgan fingerprint density at radius 2 is 1.19 bits per heavy atom. The van der Waals surface area contributed by atoms with Crippen molar-refractivity contribution in [2.75, 3.05) is 6.54 Å². The zero-order valence-electron chi connectivity index (χ0n) is 28.3. The van der Waals surface area contributed by atoms with Gasteiger partial charge in [-0.05, 0) is 78.4 Å². The van der Waals surface area contributed by atoms with Crippen LogP contribution in [0, 0.1) is 0 Å². The van der Waals surface area contributed by atoms with Gasteiger partial charge < -0.3 is 34.9 Å². The Hall–Kier alpha value is -4.61. The molecule has 0 saturated carbocycles. The summed E-state index contributed by atoms with van der Waals surface area (Å²) < 4.78 is 21.4. The van der Waals surface area contributed by atoms with Gasteiger partial charge in [0.15, 0.2) is 0 Å². The lowest BCUT2D eigenvalue weighted by molar-refractivity contribution is -0.159. The van der Waals surface area contributed by atoms with Crippen LogP contribution < -0.4 is 16.0 Å². The highest BCUT2D eigenvalue weighted by atomic mass is 16.6. The van der Waals surface area contributed by atoms with Crippen molar-refractivity contribution in [1.29, 1.82) is 0 Å². The van der Waals surface area contributed by atoms with Crippen molar-refractivity contribution in [1.82, 2.24) is 16.0 Å². The van der Waals surface area contributed by atoms with Crippen molar-refractivity contribution in [3.05, 3.63) is 71.8 Å². The van der Waals surface area contributed by atoms with E-state index in [1.54, 1.807) is 41.5 Å². The molecule has 0 heterocycles. The van der Waals surface area contributed by atoms with Crippen LogP contribution in [0.5, 0.6) is 0 Å². The summed E-state index contributed by atoms with van der Waals surface area (Å²) in [6.07, 6.45) is -0.571. The van der Waals surface area contributed by atoms with E-state index >= 15 is 0 Å². The summed E-state index contributed by atoms with van der Waals surface area (Å²) in [7, 11) is 0. The van der Waals surface area contributed by atoms with Gasteiger partial charge in [-0.25, -0.2) is 14.4 Å². The lowest BCUT2D eigenvalue weighted by Crippen LogP contribution is -2.53. The van der Waals surface area contributed by atoms with Crippen LogP contribution in [0.15, 0.2) is 60.7 Å². The van der Waals surface area contributed by atoms with E-state index in [4.69, 9.17) is 18.9 Å². The Kier molecular flexibility index (Phi) is 15.7. The molecular formula is C35H49N3O9. The van der Waals surface area contributed by atoms with Crippen LogP contribution in [-0.2, 0) is 46.5 Å². The third-order valence-electron chi connectivity index (χ3n) is 6.30. The normalized spacial score (nSPS) is 12.6. The second kappa shape index (κ2) is 19.1. The summed E-state index contributed by atoms with van der Waals surface area (Å²) in [6, 6.07) is 16.2. The maximum absolute atomic E-state index is 13.5. The first-order valence-corrected chi connectivity index (χ1v) is 15.8. The number of carbonyl (C=O) groups is 5. The molecule has 2 atom stereocenters. The fourth-order valence-electron chi connectivity index (χ4n) is 4.12. The van der Waals surface area contributed by atoms with Gasteiger partial charge in [-0.3, -0.25) is 9.59 Å². The zero-order valence-corrected chi connectivity index (χ0v) is 28.3. The van der Waals surface area contributed by atoms with Crippen LogP contribution in [0.2, 0.25) is 0 Å². The monoisotopic (exact) mass is 655 g/mol. The highest BCUT2D eigenvalue weighted by Gasteiger charge is 2.31. The summed E-state index contributed by atoms with van der Waals surface area (Å²) in [4.78, 5) is 63.7. The van der Waals surface area contributed by atoms with Gasteiger partial charge in [0.25, 0.3) is 0 Å². The van der Waals surface area contributed by atoms with E-state index in [1.165, 1.54) is 0 Å². The number of benzene rings is 2. The number of ether oxygens (including phenoxy) is 4. The van der Waals surface area contributed by atoms with Gasteiger partial charge in [-0.2, -0.15) is 0 Å². The zero-order chi connectivity index (χ0) is 34.9. The topological polar surface area (TPSA) is 158 Å². The molecule has 47 heavy (non-hydrogen) atoms. The second-order valence-corrected chi connectivity index (χ2v) is 13.0. The number of rotatable bonds is 16. The quantitative estimate of drug-likeness (QED) is 0.124. The number of nitrogens with one attached hydrogen (secondary N) is 3. The molecule has 0 spiro atoms. The molecule has 12 heteroatoms. The van der Waals surface area contributed by atoms with Crippen LogP contribution in [0.4, 0.5) is 9.59 Å². The van der Waals surface area contributed by atoms with Gasteiger partial charge in [-0.15, -0.1) is 0 Å². The summed E-state index contributed by atoms with van der Waals surface area (Å²) in [5.41, 5.74) is 0.0188. The summed E-state index contributed by atoms with van der Waals surface area (Å²) in [6.45, 7) is 10.7. The first kappa shape index (κ1) is 38.6. The van der Waals surface area contributed by atoms with Crippen molar-refractivity contribution >= 4 is 30.0 Å². The minimum Gasteiger partial charge on any atom is -0.461 e. The van der Waals surface area contributed by atoms with Crippen LogP contribution >= 0.6 is 0 Å². The van der Waals surface area contributed by atoms with Crippen molar-refractivity contribution < 1.29 is 42.9 Å². The lowest BCUT2D eigenvalue weighted by Gasteiger charge is -2.27. The number of esters is 2. The van der Waals surface area contributed by atoms with E-state index in [0.717, 1.165) is 11.1 Å². The average molecular weight is 656 g/mol. The molecule has 0 aliphatic heterocycles. The van der Waals surface area contributed by atoms with E-state index in [9.17, 15) is 24.0 Å². The largest absolute Gasteiger partial charge is 0.461 e. The highest BCUT2D eigenvalue weighted by molar-refractivity contribution is 5.90. The highest BCUT2D eigenvalue weighted by Crippen LogP contribution is 2.14. The number of hydrogen-bond acceptors (Lipinski definition) is 9. The summed E-state index contributed by atoms with van der Waals surface area (Å²) in [5.74, 6) is -1.90. The molecule has 12 nitrogen and oxygen atoms in total. The molecule has 3 amide bonds. The molecule has 0 radical (unpaired) electrons. The van der Waals surface area contributed by atoms with Gasteiger partial charge >= 0.3 is 24.1 Å². The minimum absolute atomic E-state index is 0.0658. The molecule has 2 rings (SSSR count). The Bertz CT molecular complexity index is 1290. The Morgan fingerprint density at radius 1 is 0.638 bits per heavy atom. The fraction of sp³-hybridized carbons (Fsp3) is 0.514. The van der Waals surface area contributed by atoms with E-state index in [-0.39, 0.29) is 39.0 Å². The number of carbonyl (C=O) groups excluding carboxylic acids is 5. The molecule has 0 aliphatic rings. The number of unbranched alkanes of at least 4 members (excludes halogenated alkanes) is 1. The minimum atomic E-state index is -1.21. The van der Waals surface area contributed by atoms with E-state index in [1.807, 2.05) is 60.7 Å². The number of alkyl carbamates (subject to hydrolysis) is 2. The molecule has 3 N–H and O–H groups in total. The standard InChI is InChI=1S/C35H49N3O9/c1-34(2,3)46-31(41)28(19-13-14-22-36-32(42)45-24-26-17-11-8-12-18-26)37-30(40)27(38-33(43)47-35(4,5)6)20-21-29(39)44-23-25-15-9-7-10-16-25/h7-12,15-18,27-28H,13-14,19-24H2,1-6H3,(H,36,42)(H,37,40)(H,38,43)/t27-,28-/m0/s1. The first-order chi connectivity index (χ1) is 22.1. The van der Waals surface area contributed by atoms with Gasteiger partial charge in [0, 0.05) is 13.0 Å². The number of amides is 3. The molecule has 0 unspecified atom stereocenters. The molecule has 0 aromatic heterocycles. The Balaban J connectivity index is 1.99. The molecule has 0 saturated heterocycles. The predicted molar refractivity (Wildman–Crippen MR) is 175 cm³/mol. The van der Waals surface area contributed by atoms with E-state index < -0.39 is 53.3 Å². The molecule has 258 valence electrons. The molecule has 0 aliphatic carbocycles. The van der Waals surface area contributed by atoms with Crippen LogP contribution in [0.1, 0.15) is 84.8 Å². The van der Waals surface area contributed by atoms with Gasteiger partial charge in [0.2, 0.25) is 5.91 Å². The summed E-state index contributed by atoms with van der Waals surface area (Å²) >= 11 is 0. The molecule has 2 aromatic rings. The Labute approximate surface area is 277 Å². The third kappa shape index (κ3) is 17.6. The average Bonchev–Trinajstić information content (AvgIpc) is 2.99. The third-order valence-corrected chi connectivity index (χ3v) is 6.30. The number of hydrogen-bond donors (Lipinski definition) is 3. The second-order valence-electron chi connectivity index (χ2n) is 13.0. The summed E-state index contributed by atoms with van der Waals surface area (Å²) in [5, 5.41) is 7.86. The van der Waals surface area contributed by atoms with Crippen molar-refractivity contribution in [2.45, 2.75) is 110 Å². The van der Waals surface area contributed by atoms with Crippen molar-refractivity contribution in [2.24, 2.45) is 0 Å². The van der Waals surface area contributed by atoms with Gasteiger partial charge in [0.1, 0.15) is 36.5 Å².